The van der Waals surface area contributed by atoms with Gasteiger partial charge in [-0.1, -0.05) is 35.5 Å². The Kier molecular flexibility index (Phi) is 6.76. The first-order valence-corrected chi connectivity index (χ1v) is 9.82. The Hall–Kier alpha value is -2.58. The second-order valence-electron chi connectivity index (χ2n) is 5.86. The summed E-state index contributed by atoms with van der Waals surface area (Å²) in [6, 6.07) is 11.8. The molecule has 0 radical (unpaired) electrons. The maximum Gasteiger partial charge on any atom is 0.283 e. The average Bonchev–Trinajstić information content (AvgIpc) is 3.02. The Morgan fingerprint density at radius 1 is 1.17 bits per heavy atom. The van der Waals surface area contributed by atoms with E-state index in [0.29, 0.717) is 22.2 Å². The van der Waals surface area contributed by atoms with Gasteiger partial charge in [0.05, 0.1) is 30.7 Å². The standard InChI is InChI=1S/C20H17ClF2N2O3S/c1-27-14-6-3-12(4-7-14)9-16-19(26)25(20(24-16)29-11-18(22)23)13-5-8-15(21)17(10-13)28-2/h3-10,18H,11H2,1-2H3. The number of amidine groups is 1. The van der Waals surface area contributed by atoms with Gasteiger partial charge in [-0.25, -0.2) is 13.8 Å². The summed E-state index contributed by atoms with van der Waals surface area (Å²) in [7, 11) is 3.01. The number of nitrogens with zero attached hydrogens (tertiary/aromatic N) is 2. The molecule has 0 unspecified atom stereocenters. The summed E-state index contributed by atoms with van der Waals surface area (Å²) < 4.78 is 35.8. The van der Waals surface area contributed by atoms with Crippen molar-refractivity contribution in [3.63, 3.8) is 0 Å². The smallest absolute Gasteiger partial charge is 0.283 e. The van der Waals surface area contributed by atoms with Crippen molar-refractivity contribution in [2.75, 3.05) is 24.9 Å². The Morgan fingerprint density at radius 2 is 1.90 bits per heavy atom. The Labute approximate surface area is 176 Å². The fraction of sp³-hybridized carbons (Fsp3) is 0.200. The van der Waals surface area contributed by atoms with Crippen molar-refractivity contribution in [2.45, 2.75) is 6.43 Å². The monoisotopic (exact) mass is 438 g/mol. The van der Waals surface area contributed by atoms with Crippen LogP contribution in [0.15, 0.2) is 53.2 Å². The molecule has 0 atom stereocenters. The van der Waals surface area contributed by atoms with Crippen LogP contribution in [-0.2, 0) is 4.79 Å². The lowest BCUT2D eigenvalue weighted by Crippen LogP contribution is -2.30. The van der Waals surface area contributed by atoms with Gasteiger partial charge in [-0.2, -0.15) is 0 Å². The van der Waals surface area contributed by atoms with Crippen LogP contribution in [-0.4, -0.2) is 37.5 Å². The summed E-state index contributed by atoms with van der Waals surface area (Å²) in [4.78, 5) is 18.6. The number of rotatable bonds is 6. The number of benzene rings is 2. The molecule has 29 heavy (non-hydrogen) atoms. The van der Waals surface area contributed by atoms with Crippen LogP contribution < -0.4 is 14.4 Å². The van der Waals surface area contributed by atoms with E-state index < -0.39 is 18.1 Å². The summed E-state index contributed by atoms with van der Waals surface area (Å²) >= 11 is 6.86. The second-order valence-corrected chi connectivity index (χ2v) is 7.25. The number of carbonyl (C=O) groups is 1. The highest BCUT2D eigenvalue weighted by Crippen LogP contribution is 2.34. The third-order valence-corrected chi connectivity index (χ3v) is 5.24. The maximum absolute atomic E-state index is 13.0. The largest absolute Gasteiger partial charge is 0.497 e. The maximum atomic E-state index is 13.0. The minimum Gasteiger partial charge on any atom is -0.497 e. The van der Waals surface area contributed by atoms with Crippen molar-refractivity contribution < 1.29 is 23.0 Å². The summed E-state index contributed by atoms with van der Waals surface area (Å²) in [5.74, 6) is 0.129. The molecule has 1 amide bonds. The number of alkyl halides is 2. The molecule has 1 heterocycles. The van der Waals surface area contributed by atoms with Crippen molar-refractivity contribution in [1.82, 2.24) is 0 Å². The molecule has 1 aliphatic rings. The molecular weight excluding hydrogens is 422 g/mol. The van der Waals surface area contributed by atoms with Gasteiger partial charge in [-0.15, -0.1) is 0 Å². The van der Waals surface area contributed by atoms with Crippen LogP contribution >= 0.6 is 23.4 Å². The van der Waals surface area contributed by atoms with Gasteiger partial charge in [0, 0.05) is 6.07 Å². The predicted molar refractivity (Wildman–Crippen MR) is 112 cm³/mol. The molecule has 5 nitrogen and oxygen atoms in total. The summed E-state index contributed by atoms with van der Waals surface area (Å²) in [6.07, 6.45) is -0.938. The fourth-order valence-corrected chi connectivity index (χ4v) is 3.55. The van der Waals surface area contributed by atoms with Gasteiger partial charge in [0.15, 0.2) is 5.17 Å². The summed E-state index contributed by atoms with van der Waals surface area (Å²) in [5.41, 5.74) is 1.29. The molecule has 2 aromatic rings. The highest BCUT2D eigenvalue weighted by atomic mass is 35.5. The molecule has 0 saturated heterocycles. The van der Waals surface area contributed by atoms with Crippen LogP contribution in [0.2, 0.25) is 5.02 Å². The molecule has 0 bridgehead atoms. The van der Waals surface area contributed by atoms with E-state index in [0.717, 1.165) is 17.3 Å². The van der Waals surface area contributed by atoms with Gasteiger partial charge in [0.25, 0.3) is 5.91 Å². The van der Waals surface area contributed by atoms with Gasteiger partial charge < -0.3 is 9.47 Å². The zero-order chi connectivity index (χ0) is 21.0. The molecule has 0 fully saturated rings. The molecule has 0 aromatic heterocycles. The van der Waals surface area contributed by atoms with Crippen molar-refractivity contribution >= 4 is 46.2 Å². The third kappa shape index (κ3) is 4.89. The molecule has 152 valence electrons. The number of halogens is 3. The van der Waals surface area contributed by atoms with Gasteiger partial charge in [-0.05, 0) is 35.9 Å². The summed E-state index contributed by atoms with van der Waals surface area (Å²) in [6.45, 7) is 0. The zero-order valence-electron chi connectivity index (χ0n) is 15.6. The SMILES string of the molecule is COc1ccc(C=C2N=C(SCC(F)F)N(c3ccc(Cl)c(OC)c3)C2=O)cc1. The molecule has 0 aliphatic carbocycles. The van der Waals surface area contributed by atoms with Crippen molar-refractivity contribution in [3.05, 3.63) is 58.7 Å². The number of hydrogen-bond acceptors (Lipinski definition) is 5. The van der Waals surface area contributed by atoms with E-state index in [-0.39, 0.29) is 10.9 Å². The van der Waals surface area contributed by atoms with Crippen LogP contribution in [0.3, 0.4) is 0 Å². The lowest BCUT2D eigenvalue weighted by molar-refractivity contribution is -0.113. The molecule has 1 aliphatic heterocycles. The van der Waals surface area contributed by atoms with Crippen molar-refractivity contribution in [3.8, 4) is 11.5 Å². The first-order chi connectivity index (χ1) is 13.9. The molecule has 0 N–H and O–H groups in total. The summed E-state index contributed by atoms with van der Waals surface area (Å²) in [5, 5.41) is 0.537. The second kappa shape index (κ2) is 9.28. The van der Waals surface area contributed by atoms with E-state index in [1.54, 1.807) is 55.7 Å². The first-order valence-electron chi connectivity index (χ1n) is 8.46. The van der Waals surface area contributed by atoms with Crippen molar-refractivity contribution in [2.24, 2.45) is 4.99 Å². The number of methoxy groups -OCH3 is 2. The molecule has 0 spiro atoms. The lowest BCUT2D eigenvalue weighted by Gasteiger charge is -2.18. The van der Waals surface area contributed by atoms with Gasteiger partial charge in [0.1, 0.15) is 17.2 Å². The number of amides is 1. The zero-order valence-corrected chi connectivity index (χ0v) is 17.1. The van der Waals surface area contributed by atoms with Crippen LogP contribution in [0.4, 0.5) is 14.5 Å². The van der Waals surface area contributed by atoms with E-state index in [9.17, 15) is 13.6 Å². The number of anilines is 1. The first kappa shape index (κ1) is 21.1. The lowest BCUT2D eigenvalue weighted by atomic mass is 10.2. The molecule has 2 aromatic carbocycles. The average molecular weight is 439 g/mol. The topological polar surface area (TPSA) is 51.1 Å². The van der Waals surface area contributed by atoms with Crippen LogP contribution in [0, 0.1) is 0 Å². The minimum absolute atomic E-state index is 0.140. The fourth-order valence-electron chi connectivity index (χ4n) is 2.60. The van der Waals surface area contributed by atoms with Crippen LogP contribution in [0.1, 0.15) is 5.56 Å². The predicted octanol–water partition coefficient (Wildman–Crippen LogP) is 5.10. The van der Waals surface area contributed by atoms with Crippen LogP contribution in [0.25, 0.3) is 6.08 Å². The highest BCUT2D eigenvalue weighted by Gasteiger charge is 2.33. The quantitative estimate of drug-likeness (QED) is 0.589. The number of thioether (sulfide) groups is 1. The number of aliphatic imine (C=N–C) groups is 1. The number of ether oxygens (including phenoxy) is 2. The molecule has 3 rings (SSSR count). The Balaban J connectivity index is 1.97. The normalized spacial score (nSPS) is 15.2. The van der Waals surface area contributed by atoms with E-state index in [1.807, 2.05) is 0 Å². The van der Waals surface area contributed by atoms with E-state index in [4.69, 9.17) is 21.1 Å². The Bertz CT molecular complexity index is 965. The third-order valence-electron chi connectivity index (χ3n) is 3.98. The van der Waals surface area contributed by atoms with Crippen LogP contribution in [0.5, 0.6) is 11.5 Å². The molecule has 0 saturated carbocycles. The number of hydrogen-bond donors (Lipinski definition) is 0. The van der Waals surface area contributed by atoms with E-state index in [1.165, 1.54) is 12.0 Å². The van der Waals surface area contributed by atoms with Gasteiger partial charge >= 0.3 is 0 Å². The van der Waals surface area contributed by atoms with E-state index in [2.05, 4.69) is 4.99 Å². The van der Waals surface area contributed by atoms with Gasteiger partial charge in [0.2, 0.25) is 6.43 Å². The number of carbonyl (C=O) groups excluding carboxylic acids is 1. The highest BCUT2D eigenvalue weighted by molar-refractivity contribution is 8.14. The van der Waals surface area contributed by atoms with Gasteiger partial charge in [-0.3, -0.25) is 9.69 Å². The molecular formula is C20H17ClF2N2O3S. The van der Waals surface area contributed by atoms with Crippen molar-refractivity contribution in [1.29, 1.82) is 0 Å². The minimum atomic E-state index is -2.53. The Morgan fingerprint density at radius 3 is 2.52 bits per heavy atom. The van der Waals surface area contributed by atoms with E-state index >= 15 is 0 Å². The molecule has 9 heteroatoms.